The van der Waals surface area contributed by atoms with E-state index in [1.165, 1.54) is 5.56 Å². The smallest absolute Gasteiger partial charge is 0.246 e. The molecule has 1 aromatic heterocycles. The van der Waals surface area contributed by atoms with Crippen molar-refractivity contribution in [2.45, 2.75) is 37.5 Å². The van der Waals surface area contributed by atoms with Gasteiger partial charge in [0.15, 0.2) is 0 Å². The van der Waals surface area contributed by atoms with E-state index in [2.05, 4.69) is 37.1 Å². The van der Waals surface area contributed by atoms with Gasteiger partial charge in [-0.05, 0) is 37.0 Å². The molecular weight excluding hydrogens is 352 g/mol. The number of halogens is 1. The summed E-state index contributed by atoms with van der Waals surface area (Å²) in [5.41, 5.74) is 6.94. The predicted octanol–water partition coefficient (Wildman–Crippen LogP) is 1.95. The third-order valence-corrected chi connectivity index (χ3v) is 5.87. The molecule has 0 radical (unpaired) electrons. The molecule has 140 valence electrons. The maximum atomic E-state index is 6.01. The molecule has 0 aliphatic carbocycles. The molecule has 0 amide bonds. The van der Waals surface area contributed by atoms with Crippen molar-refractivity contribution >= 4 is 23.5 Å². The molecular formula is C18H25ClN6O. The van der Waals surface area contributed by atoms with Crippen molar-refractivity contribution in [2.24, 2.45) is 0 Å². The van der Waals surface area contributed by atoms with Gasteiger partial charge in [-0.1, -0.05) is 23.7 Å². The number of nitrogens with two attached hydrogens (primary N) is 1. The van der Waals surface area contributed by atoms with Crippen molar-refractivity contribution < 1.29 is 4.74 Å². The Morgan fingerprint density at radius 3 is 2.62 bits per heavy atom. The molecule has 0 bridgehead atoms. The van der Waals surface area contributed by atoms with Gasteiger partial charge in [0.1, 0.15) is 0 Å². The number of hydrogen-bond donors (Lipinski definition) is 2. The zero-order valence-electron chi connectivity index (χ0n) is 14.9. The van der Waals surface area contributed by atoms with Crippen LogP contribution in [0.15, 0.2) is 24.3 Å². The highest BCUT2D eigenvalue weighted by Crippen LogP contribution is 2.31. The first-order valence-corrected chi connectivity index (χ1v) is 9.47. The number of nitrogen functional groups attached to an aromatic ring is 1. The number of rotatable bonds is 5. The highest BCUT2D eigenvalue weighted by Gasteiger charge is 2.43. The van der Waals surface area contributed by atoms with Crippen LogP contribution in [0.2, 0.25) is 5.02 Å². The third-order valence-electron chi connectivity index (χ3n) is 5.61. The fourth-order valence-electron chi connectivity index (χ4n) is 4.11. The van der Waals surface area contributed by atoms with Crippen molar-refractivity contribution in [3.05, 3.63) is 34.9 Å². The molecule has 26 heavy (non-hydrogen) atoms. The number of likely N-dealkylation sites (tertiary alicyclic amines) is 1. The first-order valence-electron chi connectivity index (χ1n) is 9.10. The summed E-state index contributed by atoms with van der Waals surface area (Å²) in [5, 5.41) is 7.66. The Hall–Kier alpha value is -1.83. The van der Waals surface area contributed by atoms with Crippen molar-refractivity contribution in [2.75, 3.05) is 37.4 Å². The lowest BCUT2D eigenvalue weighted by atomic mass is 9.87. The Morgan fingerprint density at radius 2 is 2.00 bits per heavy atom. The van der Waals surface area contributed by atoms with Crippen LogP contribution in [0.25, 0.3) is 0 Å². The number of aromatic amines is 1. The number of H-pyrrole nitrogens is 1. The maximum Gasteiger partial charge on any atom is 0.246 e. The Kier molecular flexibility index (Phi) is 5.02. The van der Waals surface area contributed by atoms with E-state index in [0.717, 1.165) is 43.9 Å². The van der Waals surface area contributed by atoms with Crippen molar-refractivity contribution in [3.63, 3.8) is 0 Å². The summed E-state index contributed by atoms with van der Waals surface area (Å²) in [4.78, 5) is 9.04. The van der Waals surface area contributed by atoms with Crippen LogP contribution in [0.1, 0.15) is 18.4 Å². The van der Waals surface area contributed by atoms with E-state index < -0.39 is 0 Å². The van der Waals surface area contributed by atoms with Gasteiger partial charge in [0.2, 0.25) is 11.9 Å². The quantitative estimate of drug-likeness (QED) is 0.829. The van der Waals surface area contributed by atoms with E-state index in [0.29, 0.717) is 30.1 Å². The summed E-state index contributed by atoms with van der Waals surface area (Å²) in [5.74, 6) is 1.08. The van der Waals surface area contributed by atoms with Gasteiger partial charge in [-0.25, -0.2) is 5.10 Å². The van der Waals surface area contributed by atoms with Gasteiger partial charge < -0.3 is 15.4 Å². The van der Waals surface area contributed by atoms with Gasteiger partial charge in [0.05, 0.1) is 6.10 Å². The zero-order valence-corrected chi connectivity index (χ0v) is 15.7. The van der Waals surface area contributed by atoms with E-state index in [4.69, 9.17) is 22.1 Å². The van der Waals surface area contributed by atoms with Crippen LogP contribution in [0.5, 0.6) is 0 Å². The highest BCUT2D eigenvalue weighted by molar-refractivity contribution is 6.30. The minimum atomic E-state index is 0.302. The predicted molar refractivity (Wildman–Crippen MR) is 102 cm³/mol. The van der Waals surface area contributed by atoms with Crippen molar-refractivity contribution in [1.82, 2.24) is 20.1 Å². The Bertz CT molecular complexity index is 728. The minimum Gasteiger partial charge on any atom is -0.378 e. The molecule has 2 aliphatic rings. The number of anilines is 2. The first kappa shape index (κ1) is 17.6. The minimum absolute atomic E-state index is 0.302. The van der Waals surface area contributed by atoms with E-state index in [1.807, 2.05) is 19.2 Å². The molecule has 2 aromatic rings. The van der Waals surface area contributed by atoms with Crippen LogP contribution in [0, 0.1) is 0 Å². The molecule has 1 aromatic carbocycles. The molecule has 8 heteroatoms. The fraction of sp³-hybridized carbons (Fsp3) is 0.556. The van der Waals surface area contributed by atoms with Gasteiger partial charge in [0.25, 0.3) is 0 Å². The van der Waals surface area contributed by atoms with Crippen LogP contribution in [-0.4, -0.2) is 65.0 Å². The number of aromatic nitrogens is 3. The summed E-state index contributed by atoms with van der Waals surface area (Å²) in [6.45, 7) is 2.90. The molecule has 2 aliphatic heterocycles. The second-order valence-corrected chi connectivity index (χ2v) is 7.54. The monoisotopic (exact) mass is 376 g/mol. The summed E-state index contributed by atoms with van der Waals surface area (Å²) < 4.78 is 5.69. The number of piperidine rings is 1. The third kappa shape index (κ3) is 3.51. The van der Waals surface area contributed by atoms with Gasteiger partial charge in [0, 0.05) is 43.9 Å². The lowest BCUT2D eigenvalue weighted by Gasteiger charge is -2.53. The fourth-order valence-corrected chi connectivity index (χ4v) is 4.23. The van der Waals surface area contributed by atoms with E-state index >= 15 is 0 Å². The molecule has 2 saturated heterocycles. The molecule has 7 nitrogen and oxygen atoms in total. The maximum absolute atomic E-state index is 6.01. The lowest BCUT2D eigenvalue weighted by Crippen LogP contribution is -2.66. The van der Waals surface area contributed by atoms with E-state index in [9.17, 15) is 0 Å². The van der Waals surface area contributed by atoms with Crippen LogP contribution < -0.4 is 10.6 Å². The largest absolute Gasteiger partial charge is 0.378 e. The van der Waals surface area contributed by atoms with Gasteiger partial charge >= 0.3 is 0 Å². The second-order valence-electron chi connectivity index (χ2n) is 7.11. The van der Waals surface area contributed by atoms with Crippen LogP contribution >= 0.6 is 11.6 Å². The first-order chi connectivity index (χ1) is 12.6. The van der Waals surface area contributed by atoms with Crippen molar-refractivity contribution in [1.29, 1.82) is 0 Å². The van der Waals surface area contributed by atoms with Crippen LogP contribution in [0.4, 0.5) is 11.9 Å². The molecule has 3 heterocycles. The summed E-state index contributed by atoms with van der Waals surface area (Å²) in [6, 6.07) is 9.15. The number of benzene rings is 1. The van der Waals surface area contributed by atoms with Crippen molar-refractivity contribution in [3.8, 4) is 0 Å². The zero-order chi connectivity index (χ0) is 18.1. The van der Waals surface area contributed by atoms with Crippen LogP contribution in [0.3, 0.4) is 0 Å². The van der Waals surface area contributed by atoms with E-state index in [1.54, 1.807) is 0 Å². The average Bonchev–Trinajstić information content (AvgIpc) is 3.08. The molecule has 2 atom stereocenters. The Labute approximate surface area is 158 Å². The lowest BCUT2D eigenvalue weighted by molar-refractivity contribution is -0.108. The van der Waals surface area contributed by atoms with Gasteiger partial charge in [-0.3, -0.25) is 4.90 Å². The topological polar surface area (TPSA) is 83.3 Å². The Balaban J connectivity index is 1.37. The SMILES string of the molecule is COC1CN(C2CCN(c3n[nH]c(N)n3)CC2)C1Cc1ccc(Cl)cc1. The average molecular weight is 377 g/mol. The summed E-state index contributed by atoms with van der Waals surface area (Å²) in [6.07, 6.45) is 3.49. The molecule has 3 N–H and O–H groups in total. The highest BCUT2D eigenvalue weighted by atomic mass is 35.5. The molecule has 0 saturated carbocycles. The van der Waals surface area contributed by atoms with Gasteiger partial charge in [-0.2, -0.15) is 4.98 Å². The number of hydrogen-bond acceptors (Lipinski definition) is 6. The number of ether oxygens (including phenoxy) is 1. The van der Waals surface area contributed by atoms with Gasteiger partial charge in [-0.15, -0.1) is 5.10 Å². The number of methoxy groups -OCH3 is 1. The Morgan fingerprint density at radius 1 is 1.27 bits per heavy atom. The van der Waals surface area contributed by atoms with Crippen LogP contribution in [-0.2, 0) is 11.2 Å². The number of nitrogens with zero attached hydrogens (tertiary/aromatic N) is 4. The summed E-state index contributed by atoms with van der Waals surface area (Å²) >= 11 is 6.01. The van der Waals surface area contributed by atoms with E-state index in [-0.39, 0.29) is 0 Å². The molecule has 4 rings (SSSR count). The second kappa shape index (κ2) is 7.42. The summed E-state index contributed by atoms with van der Waals surface area (Å²) in [7, 11) is 1.81. The standard InChI is InChI=1S/C18H25ClN6O/c1-26-16-11-25(15(16)10-12-2-4-13(19)5-3-12)14-6-8-24(9-7-14)18-21-17(20)22-23-18/h2-5,14-16H,6-11H2,1H3,(H3,20,21,22,23). The number of nitrogens with one attached hydrogen (secondary N) is 1. The molecule has 0 spiro atoms. The normalized spacial score (nSPS) is 24.6. The molecule has 2 unspecified atom stereocenters. The molecule has 2 fully saturated rings.